The molecule has 2 aliphatic rings. The van der Waals surface area contributed by atoms with Gasteiger partial charge >= 0.3 is 5.97 Å². The van der Waals surface area contributed by atoms with Crippen LogP contribution in [0.2, 0.25) is 5.02 Å². The Hall–Kier alpha value is -3.71. The maximum atomic E-state index is 13.3. The largest absolute Gasteiger partial charge is 0.449 e. The number of hydrogen-bond donors (Lipinski definition) is 1. The zero-order chi connectivity index (χ0) is 24.7. The third-order valence-corrected chi connectivity index (χ3v) is 6.78. The van der Waals surface area contributed by atoms with E-state index in [4.69, 9.17) is 16.3 Å². The minimum atomic E-state index is -0.805. The standard InChI is InChI=1S/C27H24ClN3O4/c1-16(2)24(32)30-23-9-5-8-22(29-23)17-10-11-19(21(28)14-17)25(33)31-13-12-27(15-31)20-7-4-3-6-18(20)26(34)35-27/h3-11,14,16H,12-13,15H2,1-2H3,(H,29,30,32)/t27-/m0/s1. The maximum Gasteiger partial charge on any atom is 0.339 e. The van der Waals surface area contributed by atoms with E-state index in [9.17, 15) is 14.4 Å². The van der Waals surface area contributed by atoms with E-state index in [1.165, 1.54) is 0 Å². The van der Waals surface area contributed by atoms with E-state index in [0.29, 0.717) is 40.6 Å². The summed E-state index contributed by atoms with van der Waals surface area (Å²) < 4.78 is 5.75. The molecule has 0 saturated carbocycles. The van der Waals surface area contributed by atoms with E-state index >= 15 is 0 Å². The smallest absolute Gasteiger partial charge is 0.339 e. The molecule has 2 aliphatic heterocycles. The molecule has 5 rings (SSSR count). The molecule has 7 nitrogen and oxygen atoms in total. The van der Waals surface area contributed by atoms with Crippen LogP contribution in [0, 0.1) is 5.92 Å². The van der Waals surface area contributed by atoms with E-state index in [2.05, 4.69) is 10.3 Å². The summed E-state index contributed by atoms with van der Waals surface area (Å²) in [6.07, 6.45) is 0.538. The van der Waals surface area contributed by atoms with Crippen molar-refractivity contribution >= 4 is 35.2 Å². The van der Waals surface area contributed by atoms with Gasteiger partial charge in [-0.05, 0) is 30.3 Å². The number of amides is 2. The third kappa shape index (κ3) is 4.17. The Balaban J connectivity index is 1.35. The number of nitrogens with one attached hydrogen (secondary N) is 1. The molecule has 1 aromatic heterocycles. The molecule has 2 amide bonds. The maximum absolute atomic E-state index is 13.3. The Morgan fingerprint density at radius 2 is 1.91 bits per heavy atom. The normalized spacial score (nSPS) is 18.6. The average molecular weight is 490 g/mol. The monoisotopic (exact) mass is 489 g/mol. The average Bonchev–Trinajstić information content (AvgIpc) is 3.40. The number of carbonyl (C=O) groups is 3. The molecule has 3 heterocycles. The molecule has 1 spiro atoms. The molecule has 0 bridgehead atoms. The topological polar surface area (TPSA) is 88.6 Å². The lowest BCUT2D eigenvalue weighted by Crippen LogP contribution is -2.34. The minimum absolute atomic E-state index is 0.118. The first-order valence-electron chi connectivity index (χ1n) is 11.5. The molecule has 8 heteroatoms. The van der Waals surface area contributed by atoms with Crippen LogP contribution in [-0.4, -0.2) is 40.8 Å². The Kier molecular flexibility index (Phi) is 5.81. The number of ether oxygens (including phenoxy) is 1. The molecule has 1 N–H and O–H groups in total. The molecule has 1 atom stereocenters. The molecule has 1 saturated heterocycles. The lowest BCUT2D eigenvalue weighted by molar-refractivity contribution is -0.118. The number of carbonyl (C=O) groups excluding carboxylic acids is 3. The van der Waals surface area contributed by atoms with E-state index in [1.807, 2.05) is 32.0 Å². The fourth-order valence-electron chi connectivity index (χ4n) is 4.56. The van der Waals surface area contributed by atoms with E-state index in [1.54, 1.807) is 47.4 Å². The van der Waals surface area contributed by atoms with Crippen LogP contribution in [-0.2, 0) is 15.1 Å². The highest BCUT2D eigenvalue weighted by Crippen LogP contribution is 2.43. The second kappa shape index (κ2) is 8.82. The number of esters is 1. The van der Waals surface area contributed by atoms with E-state index < -0.39 is 5.60 Å². The van der Waals surface area contributed by atoms with Crippen molar-refractivity contribution in [3.8, 4) is 11.3 Å². The summed E-state index contributed by atoms with van der Waals surface area (Å²) in [5.41, 5.74) is 2.31. The first kappa shape index (κ1) is 23.1. The van der Waals surface area contributed by atoms with Crippen molar-refractivity contribution < 1.29 is 19.1 Å². The Morgan fingerprint density at radius 1 is 1.11 bits per heavy atom. The number of anilines is 1. The predicted molar refractivity (Wildman–Crippen MR) is 132 cm³/mol. The highest BCUT2D eigenvalue weighted by atomic mass is 35.5. The predicted octanol–water partition coefficient (Wildman–Crippen LogP) is 4.91. The number of likely N-dealkylation sites (tertiary alicyclic amines) is 1. The number of rotatable bonds is 4. The first-order valence-corrected chi connectivity index (χ1v) is 11.9. The van der Waals surface area contributed by atoms with Crippen LogP contribution in [0.25, 0.3) is 11.3 Å². The molecule has 0 radical (unpaired) electrons. The van der Waals surface area contributed by atoms with Crippen molar-refractivity contribution in [3.63, 3.8) is 0 Å². The van der Waals surface area contributed by atoms with Gasteiger partial charge in [0, 0.05) is 30.0 Å². The molecule has 2 aromatic carbocycles. The van der Waals surface area contributed by atoms with Gasteiger partial charge in [0.1, 0.15) is 5.82 Å². The minimum Gasteiger partial charge on any atom is -0.449 e. The highest BCUT2D eigenvalue weighted by Gasteiger charge is 2.51. The van der Waals surface area contributed by atoms with Gasteiger partial charge in [-0.3, -0.25) is 9.59 Å². The van der Waals surface area contributed by atoms with Gasteiger partial charge in [-0.2, -0.15) is 0 Å². The van der Waals surface area contributed by atoms with Gasteiger partial charge in [-0.1, -0.05) is 55.8 Å². The van der Waals surface area contributed by atoms with Crippen LogP contribution in [0.5, 0.6) is 0 Å². The summed E-state index contributed by atoms with van der Waals surface area (Å²) in [6.45, 7) is 4.36. The molecule has 35 heavy (non-hydrogen) atoms. The van der Waals surface area contributed by atoms with Gasteiger partial charge in [0.2, 0.25) is 5.91 Å². The second-order valence-corrected chi connectivity index (χ2v) is 9.56. The van der Waals surface area contributed by atoms with Crippen molar-refractivity contribution in [3.05, 3.63) is 82.4 Å². The molecular weight excluding hydrogens is 466 g/mol. The lowest BCUT2D eigenvalue weighted by atomic mass is 9.91. The van der Waals surface area contributed by atoms with Gasteiger partial charge in [0.25, 0.3) is 5.91 Å². The second-order valence-electron chi connectivity index (χ2n) is 9.15. The molecule has 178 valence electrons. The zero-order valence-electron chi connectivity index (χ0n) is 19.4. The zero-order valence-corrected chi connectivity index (χ0v) is 20.1. The summed E-state index contributed by atoms with van der Waals surface area (Å²) in [5, 5.41) is 3.09. The summed E-state index contributed by atoms with van der Waals surface area (Å²) in [6, 6.07) is 17.8. The van der Waals surface area contributed by atoms with Gasteiger partial charge in [0.15, 0.2) is 5.60 Å². The summed E-state index contributed by atoms with van der Waals surface area (Å²) in [5.74, 6) is -0.397. The summed E-state index contributed by atoms with van der Waals surface area (Å²) in [4.78, 5) is 43.8. The number of halogens is 1. The van der Waals surface area contributed by atoms with E-state index in [0.717, 1.165) is 11.1 Å². The van der Waals surface area contributed by atoms with Crippen LogP contribution >= 0.6 is 11.6 Å². The summed E-state index contributed by atoms with van der Waals surface area (Å²) in [7, 11) is 0. The number of fused-ring (bicyclic) bond motifs is 2. The molecule has 0 aliphatic carbocycles. The fraction of sp³-hybridized carbons (Fsp3) is 0.259. The van der Waals surface area contributed by atoms with Crippen molar-refractivity contribution in [1.82, 2.24) is 9.88 Å². The fourth-order valence-corrected chi connectivity index (χ4v) is 4.82. The van der Waals surface area contributed by atoms with Crippen LogP contribution < -0.4 is 5.32 Å². The molecule has 1 fully saturated rings. The third-order valence-electron chi connectivity index (χ3n) is 6.46. The van der Waals surface area contributed by atoms with Gasteiger partial charge < -0.3 is 15.0 Å². The van der Waals surface area contributed by atoms with Crippen LogP contribution in [0.1, 0.15) is 46.5 Å². The SMILES string of the molecule is CC(C)C(=O)Nc1cccc(-c2ccc(C(=O)N3CC[C@@]4(C3)OC(=O)c3ccccc34)c(Cl)c2)n1. The van der Waals surface area contributed by atoms with Crippen molar-refractivity contribution in [2.75, 3.05) is 18.4 Å². The summed E-state index contributed by atoms with van der Waals surface area (Å²) >= 11 is 6.54. The van der Waals surface area contributed by atoms with E-state index in [-0.39, 0.29) is 30.2 Å². The number of hydrogen-bond acceptors (Lipinski definition) is 5. The van der Waals surface area contributed by atoms with Crippen LogP contribution in [0.4, 0.5) is 5.82 Å². The van der Waals surface area contributed by atoms with Crippen LogP contribution in [0.3, 0.4) is 0 Å². The Morgan fingerprint density at radius 3 is 2.69 bits per heavy atom. The first-order chi connectivity index (χ1) is 16.8. The molecular formula is C27H24ClN3O4. The van der Waals surface area contributed by atoms with Gasteiger partial charge in [-0.15, -0.1) is 0 Å². The van der Waals surface area contributed by atoms with Crippen molar-refractivity contribution in [1.29, 1.82) is 0 Å². The van der Waals surface area contributed by atoms with Gasteiger partial charge in [-0.25, -0.2) is 9.78 Å². The number of aromatic nitrogens is 1. The van der Waals surface area contributed by atoms with Crippen molar-refractivity contribution in [2.24, 2.45) is 5.92 Å². The number of nitrogens with zero attached hydrogens (tertiary/aromatic N) is 2. The number of pyridine rings is 1. The van der Waals surface area contributed by atoms with Crippen LogP contribution in [0.15, 0.2) is 60.7 Å². The quantitative estimate of drug-likeness (QED) is 0.526. The Bertz CT molecular complexity index is 1360. The lowest BCUT2D eigenvalue weighted by Gasteiger charge is -2.24. The molecule has 0 unspecified atom stereocenters. The molecule has 3 aromatic rings. The Labute approximate surface area is 208 Å². The van der Waals surface area contributed by atoms with Gasteiger partial charge in [0.05, 0.1) is 28.4 Å². The highest BCUT2D eigenvalue weighted by molar-refractivity contribution is 6.34. The number of benzene rings is 2. The van der Waals surface area contributed by atoms with Crippen molar-refractivity contribution in [2.45, 2.75) is 25.9 Å².